The molecule has 0 saturated carbocycles. The number of amides is 1. The first-order valence-corrected chi connectivity index (χ1v) is 6.01. The SMILES string of the molecule is CCOCCn1cc(COCCNC(C)=O)nn1. The van der Waals surface area contributed by atoms with Gasteiger partial charge in [0, 0.05) is 20.1 Å². The summed E-state index contributed by atoms with van der Waals surface area (Å²) in [6.07, 6.45) is 1.83. The average molecular weight is 256 g/mol. The lowest BCUT2D eigenvalue weighted by molar-refractivity contribution is -0.119. The van der Waals surface area contributed by atoms with Crippen molar-refractivity contribution in [2.24, 2.45) is 0 Å². The predicted octanol–water partition coefficient (Wildman–Crippen LogP) is -0.0327. The molecule has 1 aromatic rings. The van der Waals surface area contributed by atoms with Crippen LogP contribution in [0.25, 0.3) is 0 Å². The van der Waals surface area contributed by atoms with Crippen molar-refractivity contribution < 1.29 is 14.3 Å². The van der Waals surface area contributed by atoms with Gasteiger partial charge in [0.2, 0.25) is 5.91 Å². The van der Waals surface area contributed by atoms with E-state index in [1.807, 2.05) is 13.1 Å². The topological polar surface area (TPSA) is 78.3 Å². The summed E-state index contributed by atoms with van der Waals surface area (Å²) >= 11 is 0. The Hall–Kier alpha value is -1.47. The van der Waals surface area contributed by atoms with Gasteiger partial charge in [0.05, 0.1) is 32.6 Å². The zero-order valence-corrected chi connectivity index (χ0v) is 10.9. The van der Waals surface area contributed by atoms with Crippen LogP contribution in [0.5, 0.6) is 0 Å². The summed E-state index contributed by atoms with van der Waals surface area (Å²) in [6.45, 7) is 6.82. The molecule has 0 saturated heterocycles. The third kappa shape index (κ3) is 6.31. The van der Waals surface area contributed by atoms with Crippen LogP contribution < -0.4 is 5.32 Å². The second kappa shape index (κ2) is 8.60. The molecule has 0 bridgehead atoms. The van der Waals surface area contributed by atoms with Gasteiger partial charge in [-0.05, 0) is 6.92 Å². The fourth-order valence-corrected chi connectivity index (χ4v) is 1.29. The first kappa shape index (κ1) is 14.6. The van der Waals surface area contributed by atoms with E-state index in [9.17, 15) is 4.79 Å². The maximum atomic E-state index is 10.6. The van der Waals surface area contributed by atoms with Crippen LogP contribution in [-0.4, -0.2) is 47.3 Å². The standard InChI is InChI=1S/C11H20N4O3/c1-3-17-7-5-15-8-11(13-14-15)9-18-6-4-12-10(2)16/h8H,3-7,9H2,1-2H3,(H,12,16). The molecule has 7 heteroatoms. The maximum absolute atomic E-state index is 10.6. The summed E-state index contributed by atoms with van der Waals surface area (Å²) in [5.41, 5.74) is 0.773. The van der Waals surface area contributed by atoms with Gasteiger partial charge in [0.15, 0.2) is 0 Å². The van der Waals surface area contributed by atoms with Crippen molar-refractivity contribution in [1.82, 2.24) is 20.3 Å². The van der Waals surface area contributed by atoms with E-state index in [1.165, 1.54) is 6.92 Å². The molecule has 0 spiro atoms. The van der Waals surface area contributed by atoms with E-state index >= 15 is 0 Å². The minimum atomic E-state index is -0.0551. The minimum Gasteiger partial charge on any atom is -0.380 e. The first-order valence-electron chi connectivity index (χ1n) is 6.01. The molecule has 0 radical (unpaired) electrons. The van der Waals surface area contributed by atoms with Crippen LogP contribution in [0, 0.1) is 0 Å². The lowest BCUT2D eigenvalue weighted by Gasteiger charge is -2.02. The molecule has 1 rings (SSSR count). The largest absolute Gasteiger partial charge is 0.380 e. The van der Waals surface area contributed by atoms with E-state index in [-0.39, 0.29) is 5.91 Å². The van der Waals surface area contributed by atoms with Crippen LogP contribution in [0.3, 0.4) is 0 Å². The lowest BCUT2D eigenvalue weighted by Crippen LogP contribution is -2.24. The number of carbonyl (C=O) groups is 1. The fourth-order valence-electron chi connectivity index (χ4n) is 1.29. The Balaban J connectivity index is 2.13. The summed E-state index contributed by atoms with van der Waals surface area (Å²) in [4.78, 5) is 10.6. The third-order valence-electron chi connectivity index (χ3n) is 2.13. The van der Waals surface area contributed by atoms with E-state index in [4.69, 9.17) is 9.47 Å². The van der Waals surface area contributed by atoms with Crippen LogP contribution in [0.4, 0.5) is 0 Å². The molecule has 0 aliphatic carbocycles. The van der Waals surface area contributed by atoms with Gasteiger partial charge in [-0.15, -0.1) is 5.10 Å². The number of carbonyl (C=O) groups excluding carboxylic acids is 1. The molecule has 1 N–H and O–H groups in total. The Morgan fingerprint density at radius 1 is 1.44 bits per heavy atom. The maximum Gasteiger partial charge on any atom is 0.216 e. The van der Waals surface area contributed by atoms with Crippen LogP contribution in [0.15, 0.2) is 6.20 Å². The van der Waals surface area contributed by atoms with Crippen molar-refractivity contribution in [3.8, 4) is 0 Å². The zero-order valence-electron chi connectivity index (χ0n) is 10.9. The number of nitrogens with zero attached hydrogens (tertiary/aromatic N) is 3. The molecule has 0 fully saturated rings. The molecular weight excluding hydrogens is 236 g/mol. The Kier molecular flexibility index (Phi) is 6.97. The van der Waals surface area contributed by atoms with Gasteiger partial charge in [0.25, 0.3) is 0 Å². The summed E-state index contributed by atoms with van der Waals surface area (Å²) < 4.78 is 12.3. The highest BCUT2D eigenvalue weighted by Gasteiger charge is 2.00. The molecule has 0 aromatic carbocycles. The van der Waals surface area contributed by atoms with Crippen molar-refractivity contribution >= 4 is 5.91 Å². The summed E-state index contributed by atoms with van der Waals surface area (Å²) in [6, 6.07) is 0. The quantitative estimate of drug-likeness (QED) is 0.628. The zero-order chi connectivity index (χ0) is 13.2. The van der Waals surface area contributed by atoms with Crippen molar-refractivity contribution in [3.05, 3.63) is 11.9 Å². The van der Waals surface area contributed by atoms with Crippen LogP contribution in [-0.2, 0) is 27.4 Å². The first-order chi connectivity index (χ1) is 8.72. The highest BCUT2D eigenvalue weighted by molar-refractivity contribution is 5.72. The van der Waals surface area contributed by atoms with Gasteiger partial charge >= 0.3 is 0 Å². The van der Waals surface area contributed by atoms with Gasteiger partial charge in [-0.25, -0.2) is 4.68 Å². The third-order valence-corrected chi connectivity index (χ3v) is 2.13. The van der Waals surface area contributed by atoms with Gasteiger partial charge in [0.1, 0.15) is 5.69 Å². The number of hydrogen-bond donors (Lipinski definition) is 1. The fraction of sp³-hybridized carbons (Fsp3) is 0.727. The molecule has 0 aliphatic heterocycles. The Bertz CT molecular complexity index is 354. The summed E-state index contributed by atoms with van der Waals surface area (Å²) in [5.74, 6) is -0.0551. The summed E-state index contributed by atoms with van der Waals surface area (Å²) in [5, 5.41) is 10.6. The normalized spacial score (nSPS) is 10.6. The average Bonchev–Trinajstić information content (AvgIpc) is 2.77. The molecular formula is C11H20N4O3. The van der Waals surface area contributed by atoms with E-state index in [0.29, 0.717) is 39.5 Å². The van der Waals surface area contributed by atoms with Gasteiger partial charge in [-0.3, -0.25) is 4.79 Å². The Morgan fingerprint density at radius 3 is 3.00 bits per heavy atom. The number of rotatable bonds is 9. The van der Waals surface area contributed by atoms with Gasteiger partial charge in [-0.1, -0.05) is 5.21 Å². The van der Waals surface area contributed by atoms with Gasteiger partial charge in [-0.2, -0.15) is 0 Å². The molecule has 0 aliphatic rings. The van der Waals surface area contributed by atoms with Crippen molar-refractivity contribution in [2.45, 2.75) is 27.0 Å². The molecule has 102 valence electrons. The van der Waals surface area contributed by atoms with Crippen LogP contribution >= 0.6 is 0 Å². The van der Waals surface area contributed by atoms with Crippen LogP contribution in [0.1, 0.15) is 19.5 Å². The molecule has 0 unspecified atom stereocenters. The molecule has 18 heavy (non-hydrogen) atoms. The molecule has 1 aromatic heterocycles. The van der Waals surface area contributed by atoms with Crippen LogP contribution in [0.2, 0.25) is 0 Å². The minimum absolute atomic E-state index is 0.0551. The highest BCUT2D eigenvalue weighted by atomic mass is 16.5. The molecule has 1 amide bonds. The Morgan fingerprint density at radius 2 is 2.28 bits per heavy atom. The number of nitrogens with one attached hydrogen (secondary N) is 1. The molecule has 1 heterocycles. The Labute approximate surface area is 106 Å². The highest BCUT2D eigenvalue weighted by Crippen LogP contribution is 1.95. The van der Waals surface area contributed by atoms with E-state index in [2.05, 4.69) is 15.6 Å². The second-order valence-corrected chi connectivity index (χ2v) is 3.71. The lowest BCUT2D eigenvalue weighted by atomic mass is 10.5. The van der Waals surface area contributed by atoms with E-state index in [1.54, 1.807) is 4.68 Å². The van der Waals surface area contributed by atoms with Crippen molar-refractivity contribution in [3.63, 3.8) is 0 Å². The van der Waals surface area contributed by atoms with E-state index in [0.717, 1.165) is 5.69 Å². The number of hydrogen-bond acceptors (Lipinski definition) is 5. The molecule has 0 atom stereocenters. The smallest absolute Gasteiger partial charge is 0.216 e. The number of ether oxygens (including phenoxy) is 2. The predicted molar refractivity (Wildman–Crippen MR) is 64.9 cm³/mol. The molecule has 7 nitrogen and oxygen atoms in total. The monoisotopic (exact) mass is 256 g/mol. The van der Waals surface area contributed by atoms with Gasteiger partial charge < -0.3 is 14.8 Å². The van der Waals surface area contributed by atoms with Crippen molar-refractivity contribution in [2.75, 3.05) is 26.4 Å². The number of aromatic nitrogens is 3. The van der Waals surface area contributed by atoms with E-state index < -0.39 is 0 Å². The summed E-state index contributed by atoms with van der Waals surface area (Å²) in [7, 11) is 0. The van der Waals surface area contributed by atoms with Crippen molar-refractivity contribution in [1.29, 1.82) is 0 Å². The second-order valence-electron chi connectivity index (χ2n) is 3.71.